The molecule has 1 unspecified atom stereocenters. The molecule has 0 fully saturated rings. The summed E-state index contributed by atoms with van der Waals surface area (Å²) in [5.74, 6) is 1.97. The van der Waals surface area contributed by atoms with Crippen molar-refractivity contribution in [3.63, 3.8) is 0 Å². The van der Waals surface area contributed by atoms with E-state index in [1.807, 2.05) is 18.2 Å². The van der Waals surface area contributed by atoms with Crippen LogP contribution in [0, 0.1) is 4.84 Å². The average molecular weight is 402 g/mol. The van der Waals surface area contributed by atoms with Gasteiger partial charge in [-0.2, -0.15) is 4.68 Å². The van der Waals surface area contributed by atoms with E-state index in [4.69, 9.17) is 30.8 Å². The van der Waals surface area contributed by atoms with Gasteiger partial charge in [-0.1, -0.05) is 30.3 Å². The standard InChI is InChI=1S/C20H23N3O4S/c1-22(12-14-8-6-5-7-9-14)13-23-20(28)27-19(21-23)15-10-16(24-2)18(26-4)17(11-15)25-3/h5-11H,12-13H2,1-4H3/p+1. The minimum Gasteiger partial charge on any atom is -0.493 e. The van der Waals surface area contributed by atoms with Crippen LogP contribution < -0.4 is 19.1 Å². The summed E-state index contributed by atoms with van der Waals surface area (Å²) in [5.41, 5.74) is 1.94. The fraction of sp³-hybridized carbons (Fsp3) is 0.300. The van der Waals surface area contributed by atoms with Crippen molar-refractivity contribution in [3.8, 4) is 28.7 Å². The molecule has 2 aromatic carbocycles. The zero-order valence-corrected chi connectivity index (χ0v) is 17.2. The molecule has 1 heterocycles. The molecular formula is C20H24N3O4S+. The molecule has 0 radical (unpaired) electrons. The van der Waals surface area contributed by atoms with Crippen molar-refractivity contribution in [2.24, 2.45) is 0 Å². The molecule has 1 atom stereocenters. The second-order valence-electron chi connectivity index (χ2n) is 6.36. The van der Waals surface area contributed by atoms with Crippen molar-refractivity contribution >= 4 is 12.2 Å². The molecular weight excluding hydrogens is 378 g/mol. The Balaban J connectivity index is 1.85. The molecule has 28 heavy (non-hydrogen) atoms. The van der Waals surface area contributed by atoms with Gasteiger partial charge in [0, 0.05) is 11.1 Å². The van der Waals surface area contributed by atoms with Gasteiger partial charge < -0.3 is 23.5 Å². The summed E-state index contributed by atoms with van der Waals surface area (Å²) in [5, 5.41) is 4.54. The van der Waals surface area contributed by atoms with Crippen LogP contribution in [0.1, 0.15) is 5.56 Å². The Labute approximate surface area is 169 Å². The van der Waals surface area contributed by atoms with E-state index in [0.717, 1.165) is 6.54 Å². The van der Waals surface area contributed by atoms with Gasteiger partial charge in [-0.3, -0.25) is 0 Å². The first-order valence-corrected chi connectivity index (χ1v) is 9.20. The number of aromatic nitrogens is 2. The Morgan fingerprint density at radius 1 is 1.04 bits per heavy atom. The van der Waals surface area contributed by atoms with Crippen LogP contribution in [0.25, 0.3) is 11.5 Å². The van der Waals surface area contributed by atoms with E-state index in [1.165, 1.54) is 10.5 Å². The Hall–Kier alpha value is -2.84. The first kappa shape index (κ1) is 19.9. The van der Waals surface area contributed by atoms with Crippen LogP contribution in [-0.2, 0) is 13.2 Å². The monoisotopic (exact) mass is 402 g/mol. The van der Waals surface area contributed by atoms with Gasteiger partial charge in [-0.05, 0) is 24.4 Å². The van der Waals surface area contributed by atoms with Crippen LogP contribution in [0.15, 0.2) is 46.9 Å². The van der Waals surface area contributed by atoms with Gasteiger partial charge in [0.05, 0.1) is 28.4 Å². The highest BCUT2D eigenvalue weighted by Crippen LogP contribution is 2.40. The zero-order valence-electron chi connectivity index (χ0n) is 16.4. The molecule has 0 aliphatic carbocycles. The predicted molar refractivity (Wildman–Crippen MR) is 107 cm³/mol. The van der Waals surface area contributed by atoms with Gasteiger partial charge in [0.25, 0.3) is 4.84 Å². The van der Waals surface area contributed by atoms with Gasteiger partial charge in [0.1, 0.15) is 6.54 Å². The summed E-state index contributed by atoms with van der Waals surface area (Å²) < 4.78 is 23.6. The quantitative estimate of drug-likeness (QED) is 0.585. The van der Waals surface area contributed by atoms with E-state index < -0.39 is 0 Å². The third kappa shape index (κ3) is 4.35. The molecule has 0 aliphatic heterocycles. The predicted octanol–water partition coefficient (Wildman–Crippen LogP) is 2.57. The first-order chi connectivity index (χ1) is 13.5. The normalized spacial score (nSPS) is 11.9. The average Bonchev–Trinajstić information content (AvgIpc) is 3.07. The topological polar surface area (TPSA) is 63.1 Å². The molecule has 8 heteroatoms. The van der Waals surface area contributed by atoms with Gasteiger partial charge in [0.2, 0.25) is 11.6 Å². The number of methoxy groups -OCH3 is 3. The molecule has 0 bridgehead atoms. The third-order valence-electron chi connectivity index (χ3n) is 4.29. The van der Waals surface area contributed by atoms with Crippen LogP contribution in [0.5, 0.6) is 17.2 Å². The summed E-state index contributed by atoms with van der Waals surface area (Å²) in [4.78, 5) is 1.54. The molecule has 0 saturated heterocycles. The number of benzene rings is 2. The van der Waals surface area contributed by atoms with E-state index in [2.05, 4.69) is 24.3 Å². The maximum absolute atomic E-state index is 5.73. The number of nitrogens with zero attached hydrogens (tertiary/aromatic N) is 2. The van der Waals surface area contributed by atoms with Crippen molar-refractivity contribution < 1.29 is 23.5 Å². The molecule has 0 spiro atoms. The first-order valence-electron chi connectivity index (χ1n) is 8.79. The number of nitrogens with one attached hydrogen (secondary N) is 1. The number of rotatable bonds is 8. The lowest BCUT2D eigenvalue weighted by Gasteiger charge is -2.13. The molecule has 1 aromatic heterocycles. The van der Waals surface area contributed by atoms with Crippen LogP contribution in [0.2, 0.25) is 0 Å². The van der Waals surface area contributed by atoms with Crippen LogP contribution in [-0.4, -0.2) is 38.2 Å². The highest BCUT2D eigenvalue weighted by molar-refractivity contribution is 7.71. The second-order valence-corrected chi connectivity index (χ2v) is 6.71. The minimum atomic E-state index is 0.316. The van der Waals surface area contributed by atoms with Gasteiger partial charge in [-0.25, -0.2) is 0 Å². The maximum Gasteiger partial charge on any atom is 0.292 e. The van der Waals surface area contributed by atoms with Gasteiger partial charge in [0.15, 0.2) is 18.2 Å². The Kier molecular flexibility index (Phi) is 6.33. The van der Waals surface area contributed by atoms with Crippen LogP contribution in [0.3, 0.4) is 0 Å². The highest BCUT2D eigenvalue weighted by atomic mass is 32.1. The summed E-state index contributed by atoms with van der Waals surface area (Å²) in [6.07, 6.45) is 0. The van der Waals surface area contributed by atoms with E-state index in [9.17, 15) is 0 Å². The summed E-state index contributed by atoms with van der Waals surface area (Å²) in [6.45, 7) is 1.44. The smallest absolute Gasteiger partial charge is 0.292 e. The van der Waals surface area contributed by atoms with Gasteiger partial charge in [-0.15, -0.1) is 5.10 Å². The molecule has 0 saturated carbocycles. The van der Waals surface area contributed by atoms with E-state index >= 15 is 0 Å². The van der Waals surface area contributed by atoms with Crippen LogP contribution in [0.4, 0.5) is 0 Å². The molecule has 1 N–H and O–H groups in total. The van der Waals surface area contributed by atoms with E-state index in [0.29, 0.717) is 40.2 Å². The number of quaternary nitrogens is 1. The Morgan fingerprint density at radius 3 is 2.25 bits per heavy atom. The summed E-state index contributed by atoms with van der Waals surface area (Å²) in [6, 6.07) is 13.9. The maximum atomic E-state index is 5.73. The fourth-order valence-electron chi connectivity index (χ4n) is 2.98. The number of ether oxygens (including phenoxy) is 3. The van der Waals surface area contributed by atoms with E-state index in [1.54, 1.807) is 38.1 Å². The van der Waals surface area contributed by atoms with Crippen molar-refractivity contribution in [2.75, 3.05) is 28.4 Å². The van der Waals surface area contributed by atoms with Crippen molar-refractivity contribution in [1.29, 1.82) is 0 Å². The molecule has 148 valence electrons. The third-order valence-corrected chi connectivity index (χ3v) is 4.58. The van der Waals surface area contributed by atoms with Crippen LogP contribution >= 0.6 is 12.2 Å². The molecule has 3 rings (SSSR count). The van der Waals surface area contributed by atoms with Crippen molar-refractivity contribution in [3.05, 3.63) is 52.9 Å². The fourth-order valence-corrected chi connectivity index (χ4v) is 3.17. The van der Waals surface area contributed by atoms with Crippen molar-refractivity contribution in [1.82, 2.24) is 9.78 Å². The van der Waals surface area contributed by atoms with E-state index in [-0.39, 0.29) is 0 Å². The molecule has 0 aliphatic rings. The molecule has 7 nitrogen and oxygen atoms in total. The Bertz CT molecular complexity index is 960. The molecule has 0 amide bonds. The lowest BCUT2D eigenvalue weighted by atomic mass is 10.2. The summed E-state index contributed by atoms with van der Waals surface area (Å²) in [7, 11) is 6.78. The lowest BCUT2D eigenvalue weighted by Crippen LogP contribution is -3.07. The SMILES string of the molecule is COc1cc(-c2nn(C[NH+](C)Cc3ccccc3)c(=S)o2)cc(OC)c1OC. The van der Waals surface area contributed by atoms with Gasteiger partial charge >= 0.3 is 0 Å². The zero-order chi connectivity index (χ0) is 20.1. The van der Waals surface area contributed by atoms with Crippen molar-refractivity contribution in [2.45, 2.75) is 13.2 Å². The lowest BCUT2D eigenvalue weighted by molar-refractivity contribution is -0.917. The molecule has 3 aromatic rings. The Morgan fingerprint density at radius 2 is 1.68 bits per heavy atom. The highest BCUT2D eigenvalue weighted by Gasteiger charge is 2.18. The summed E-state index contributed by atoms with van der Waals surface area (Å²) >= 11 is 5.36. The minimum absolute atomic E-state index is 0.316. The second kappa shape index (κ2) is 8.90. The largest absolute Gasteiger partial charge is 0.493 e. The number of hydrogen-bond donors (Lipinski definition) is 1. The number of hydrogen-bond acceptors (Lipinski definition) is 6.